The molecule has 1 atom stereocenters. The number of nitro groups is 1. The largest absolute Gasteiger partial charge is 0.452 e. The zero-order valence-corrected chi connectivity index (χ0v) is 11.6. The molecule has 0 spiro atoms. The summed E-state index contributed by atoms with van der Waals surface area (Å²) in [5.41, 5.74) is -0.880. The van der Waals surface area contributed by atoms with Gasteiger partial charge in [-0.2, -0.15) is 0 Å². The average Bonchev–Trinajstić information content (AvgIpc) is 2.34. The van der Waals surface area contributed by atoms with E-state index in [0.717, 1.165) is 0 Å². The van der Waals surface area contributed by atoms with E-state index >= 15 is 0 Å². The van der Waals surface area contributed by atoms with Gasteiger partial charge in [-0.1, -0.05) is 10.8 Å². The predicted molar refractivity (Wildman–Crippen MR) is 71.0 cm³/mol. The number of hydrogen-bond donors (Lipinski definition) is 0. The number of hydrogen-bond acceptors (Lipinski definition) is 7. The molecule has 9 heteroatoms. The summed E-state index contributed by atoms with van der Waals surface area (Å²) in [5.74, 6) is 0. The van der Waals surface area contributed by atoms with Crippen LogP contribution in [0, 0.1) is 10.1 Å². The van der Waals surface area contributed by atoms with Gasteiger partial charge in [-0.25, -0.2) is 9.78 Å². The maximum Gasteiger partial charge on any atom is 0.403 e. The summed E-state index contributed by atoms with van der Waals surface area (Å²) in [4.78, 5) is 24.2. The van der Waals surface area contributed by atoms with E-state index in [0.29, 0.717) is 5.03 Å². The summed E-state index contributed by atoms with van der Waals surface area (Å²) >= 11 is 5.03. The molecule has 0 aliphatic rings. The average molecular weight is 309 g/mol. The Morgan fingerprint density at radius 3 is 2.89 bits per heavy atom. The van der Waals surface area contributed by atoms with Gasteiger partial charge >= 0.3 is 5.43 Å². The molecule has 0 radical (unpaired) electrons. The lowest BCUT2D eigenvalue weighted by molar-refractivity contribution is -0.385. The van der Waals surface area contributed by atoms with Crippen LogP contribution < -0.4 is 0 Å². The van der Waals surface area contributed by atoms with Gasteiger partial charge in [-0.15, -0.1) is 0 Å². The Labute approximate surface area is 116 Å². The summed E-state index contributed by atoms with van der Waals surface area (Å²) in [7, 11) is 2.78. The van der Waals surface area contributed by atoms with Crippen LogP contribution >= 0.6 is 33.2 Å². The van der Waals surface area contributed by atoms with Crippen molar-refractivity contribution in [2.75, 3.05) is 6.61 Å². The SMILES string of the molecule is C[C@@H](COC(=O)Cl)SSc1ccc([N+](=O)[O-])cn1. The minimum Gasteiger partial charge on any atom is -0.452 e. The van der Waals surface area contributed by atoms with Crippen LogP contribution in [0.1, 0.15) is 6.92 Å². The van der Waals surface area contributed by atoms with Crippen molar-refractivity contribution in [3.8, 4) is 0 Å². The van der Waals surface area contributed by atoms with Crippen LogP contribution in [0.4, 0.5) is 10.5 Å². The van der Waals surface area contributed by atoms with Crippen molar-refractivity contribution in [1.29, 1.82) is 0 Å². The van der Waals surface area contributed by atoms with Gasteiger partial charge in [0.15, 0.2) is 0 Å². The van der Waals surface area contributed by atoms with Gasteiger partial charge in [-0.3, -0.25) is 10.1 Å². The highest BCUT2D eigenvalue weighted by Crippen LogP contribution is 2.33. The molecule has 0 aliphatic carbocycles. The summed E-state index contributed by atoms with van der Waals surface area (Å²) in [6, 6.07) is 2.95. The molecule has 1 heterocycles. The van der Waals surface area contributed by atoms with Crippen LogP contribution in [0.3, 0.4) is 0 Å². The number of carbonyl (C=O) groups is 1. The second-order valence-corrected chi connectivity index (χ2v) is 6.12. The number of pyridine rings is 1. The maximum atomic E-state index is 10.4. The Balaban J connectivity index is 2.39. The molecule has 0 bridgehead atoms. The van der Waals surface area contributed by atoms with Gasteiger partial charge in [0.05, 0.1) is 4.92 Å². The molecule has 0 fully saturated rings. The summed E-state index contributed by atoms with van der Waals surface area (Å²) in [5, 5.41) is 11.1. The second kappa shape index (κ2) is 7.45. The van der Waals surface area contributed by atoms with E-state index in [4.69, 9.17) is 11.6 Å². The van der Waals surface area contributed by atoms with Crippen molar-refractivity contribution >= 4 is 44.3 Å². The maximum absolute atomic E-state index is 10.4. The molecule has 0 aliphatic heterocycles. The fraction of sp³-hybridized carbons (Fsp3) is 0.333. The van der Waals surface area contributed by atoms with Gasteiger partial charge in [-0.05, 0) is 23.8 Å². The molecular weight excluding hydrogens is 300 g/mol. The Bertz CT molecular complexity index is 429. The summed E-state index contributed by atoms with van der Waals surface area (Å²) < 4.78 is 4.63. The zero-order valence-electron chi connectivity index (χ0n) is 9.24. The van der Waals surface area contributed by atoms with E-state index < -0.39 is 10.4 Å². The lowest BCUT2D eigenvalue weighted by atomic mass is 10.4. The molecule has 18 heavy (non-hydrogen) atoms. The van der Waals surface area contributed by atoms with Crippen molar-refractivity contribution in [2.24, 2.45) is 0 Å². The topological polar surface area (TPSA) is 82.3 Å². The number of halogens is 1. The first-order valence-electron chi connectivity index (χ1n) is 4.75. The van der Waals surface area contributed by atoms with Crippen LogP contribution in [-0.4, -0.2) is 27.2 Å². The molecule has 6 nitrogen and oxygen atoms in total. The lowest BCUT2D eigenvalue weighted by Gasteiger charge is -2.08. The highest BCUT2D eigenvalue weighted by Gasteiger charge is 2.09. The van der Waals surface area contributed by atoms with Crippen molar-refractivity contribution in [1.82, 2.24) is 4.98 Å². The minimum atomic E-state index is -0.832. The van der Waals surface area contributed by atoms with Crippen molar-refractivity contribution in [2.45, 2.75) is 17.2 Å². The normalized spacial score (nSPS) is 11.9. The Morgan fingerprint density at radius 2 is 2.39 bits per heavy atom. The van der Waals surface area contributed by atoms with Crippen molar-refractivity contribution < 1.29 is 14.5 Å². The van der Waals surface area contributed by atoms with Gasteiger partial charge in [0.2, 0.25) is 0 Å². The first-order valence-corrected chi connectivity index (χ1v) is 7.34. The smallest absolute Gasteiger partial charge is 0.403 e. The molecule has 1 aromatic rings. The van der Waals surface area contributed by atoms with Crippen molar-refractivity contribution in [3.63, 3.8) is 0 Å². The number of rotatable bonds is 6. The van der Waals surface area contributed by atoms with Gasteiger partial charge in [0.25, 0.3) is 5.69 Å². The van der Waals surface area contributed by atoms with Gasteiger partial charge in [0, 0.05) is 22.9 Å². The fourth-order valence-electron chi connectivity index (χ4n) is 0.872. The van der Waals surface area contributed by atoms with E-state index in [-0.39, 0.29) is 17.5 Å². The van der Waals surface area contributed by atoms with E-state index in [1.54, 1.807) is 6.07 Å². The van der Waals surface area contributed by atoms with E-state index in [1.807, 2.05) is 6.92 Å². The lowest BCUT2D eigenvalue weighted by Crippen LogP contribution is -2.07. The summed E-state index contributed by atoms with van der Waals surface area (Å²) in [6.07, 6.45) is 1.20. The third-order valence-corrected chi connectivity index (χ3v) is 4.53. The monoisotopic (exact) mass is 308 g/mol. The predicted octanol–water partition coefficient (Wildman–Crippen LogP) is 3.49. The molecule has 0 saturated heterocycles. The molecule has 1 aromatic heterocycles. The first-order chi connectivity index (χ1) is 8.49. The number of carbonyl (C=O) groups excluding carboxylic acids is 1. The standard InChI is InChI=1S/C9H9ClN2O4S2/c1-6(5-16-9(10)13)17-18-8-3-2-7(4-11-8)12(14)15/h2-4,6H,5H2,1H3/t6-/m0/s1. The van der Waals surface area contributed by atoms with Gasteiger partial charge < -0.3 is 4.74 Å². The highest BCUT2D eigenvalue weighted by atomic mass is 35.5. The van der Waals surface area contributed by atoms with Crippen LogP contribution in [-0.2, 0) is 4.74 Å². The number of aromatic nitrogens is 1. The summed E-state index contributed by atoms with van der Waals surface area (Å²) in [6.45, 7) is 2.07. The van der Waals surface area contributed by atoms with Crippen LogP contribution in [0.15, 0.2) is 23.4 Å². The molecule has 0 saturated carbocycles. The molecule has 0 unspecified atom stereocenters. The molecule has 1 rings (SSSR count). The third-order valence-electron chi connectivity index (χ3n) is 1.66. The molecule has 0 aromatic carbocycles. The fourth-order valence-corrected chi connectivity index (χ4v) is 2.79. The van der Waals surface area contributed by atoms with E-state index in [9.17, 15) is 14.9 Å². The Kier molecular flexibility index (Phi) is 6.23. The number of ether oxygens (including phenoxy) is 1. The molecular formula is C9H9ClN2O4S2. The molecule has 98 valence electrons. The van der Waals surface area contributed by atoms with Gasteiger partial charge in [0.1, 0.15) is 17.8 Å². The zero-order chi connectivity index (χ0) is 13.5. The Hall–Kier alpha value is -0.990. The number of nitrogens with zero attached hydrogens (tertiary/aromatic N) is 2. The van der Waals surface area contributed by atoms with Crippen LogP contribution in [0.5, 0.6) is 0 Å². The molecule has 0 N–H and O–H groups in total. The van der Waals surface area contributed by atoms with E-state index in [1.165, 1.54) is 33.9 Å². The van der Waals surface area contributed by atoms with Crippen molar-refractivity contribution in [3.05, 3.63) is 28.4 Å². The minimum absolute atomic E-state index is 0.0368. The quantitative estimate of drug-likeness (QED) is 0.344. The third kappa shape index (κ3) is 5.56. The van der Waals surface area contributed by atoms with E-state index in [2.05, 4.69) is 9.72 Å². The van der Waals surface area contributed by atoms with Crippen LogP contribution in [0.25, 0.3) is 0 Å². The highest BCUT2D eigenvalue weighted by molar-refractivity contribution is 8.76. The first kappa shape index (κ1) is 15.1. The Morgan fingerprint density at radius 1 is 1.67 bits per heavy atom. The molecule has 0 amide bonds. The van der Waals surface area contributed by atoms with Crippen LogP contribution in [0.2, 0.25) is 0 Å². The second-order valence-electron chi connectivity index (χ2n) is 3.15.